The van der Waals surface area contributed by atoms with Gasteiger partial charge in [-0.1, -0.05) is 31.2 Å². The molecule has 1 aromatic carbocycles. The van der Waals surface area contributed by atoms with Gasteiger partial charge in [-0.05, 0) is 30.4 Å². The molecular weight excluding hydrogens is 196 g/mol. The van der Waals surface area contributed by atoms with Crippen molar-refractivity contribution in [2.24, 2.45) is 5.73 Å². The Morgan fingerprint density at radius 3 is 2.31 bits per heavy atom. The average molecular weight is 218 g/mol. The van der Waals surface area contributed by atoms with Crippen LogP contribution in [-0.2, 0) is 13.0 Å². The van der Waals surface area contributed by atoms with Crippen molar-refractivity contribution >= 4 is 0 Å². The van der Waals surface area contributed by atoms with E-state index in [2.05, 4.69) is 36.1 Å². The minimum absolute atomic E-state index is 0.767. The van der Waals surface area contributed by atoms with E-state index in [1.54, 1.807) is 0 Å². The van der Waals surface area contributed by atoms with E-state index in [4.69, 9.17) is 5.73 Å². The normalized spacial score (nSPS) is 15.7. The molecule has 88 valence electrons. The molecule has 0 atom stereocenters. The third kappa shape index (κ3) is 3.06. The summed E-state index contributed by atoms with van der Waals surface area (Å²) in [5.74, 6) is 0. The molecule has 2 nitrogen and oxygen atoms in total. The number of nitrogens with zero attached hydrogens (tertiary/aromatic N) is 1. The number of hydrogen-bond acceptors (Lipinski definition) is 2. The molecule has 2 rings (SSSR count). The first-order valence-electron chi connectivity index (χ1n) is 6.35. The van der Waals surface area contributed by atoms with Gasteiger partial charge < -0.3 is 5.73 Å². The Balaban J connectivity index is 1.94. The molecule has 0 unspecified atom stereocenters. The molecule has 0 aromatic heterocycles. The Kier molecular flexibility index (Phi) is 3.97. The van der Waals surface area contributed by atoms with Gasteiger partial charge >= 0.3 is 0 Å². The molecule has 16 heavy (non-hydrogen) atoms. The highest BCUT2D eigenvalue weighted by molar-refractivity contribution is 5.22. The van der Waals surface area contributed by atoms with E-state index in [0.29, 0.717) is 0 Å². The van der Waals surface area contributed by atoms with Gasteiger partial charge in [0.2, 0.25) is 0 Å². The zero-order valence-corrected chi connectivity index (χ0v) is 10.2. The first-order chi connectivity index (χ1) is 7.83. The van der Waals surface area contributed by atoms with Crippen molar-refractivity contribution in [1.29, 1.82) is 0 Å². The summed E-state index contributed by atoms with van der Waals surface area (Å²) in [6, 6.07) is 9.79. The maximum atomic E-state index is 5.65. The molecule has 0 heterocycles. The maximum absolute atomic E-state index is 5.65. The first-order valence-corrected chi connectivity index (χ1v) is 6.35. The second-order valence-electron chi connectivity index (χ2n) is 4.66. The molecule has 1 aliphatic rings. The van der Waals surface area contributed by atoms with Crippen LogP contribution in [0.2, 0.25) is 0 Å². The summed E-state index contributed by atoms with van der Waals surface area (Å²) in [7, 11) is 0. The smallest absolute Gasteiger partial charge is 0.0237 e. The Labute approximate surface area is 98.4 Å². The van der Waals surface area contributed by atoms with Crippen LogP contribution in [0.1, 0.15) is 30.9 Å². The summed E-state index contributed by atoms with van der Waals surface area (Å²) in [4.78, 5) is 2.51. The Morgan fingerprint density at radius 2 is 1.81 bits per heavy atom. The highest BCUT2D eigenvalue weighted by Gasteiger charge is 2.28. The zero-order chi connectivity index (χ0) is 11.4. The molecule has 1 aromatic rings. The summed E-state index contributed by atoms with van der Waals surface area (Å²) in [5.41, 5.74) is 8.48. The Hall–Kier alpha value is -0.860. The third-order valence-corrected chi connectivity index (χ3v) is 3.30. The number of hydrogen-bond donors (Lipinski definition) is 1. The highest BCUT2D eigenvalue weighted by Crippen LogP contribution is 2.27. The summed E-state index contributed by atoms with van der Waals surface area (Å²) >= 11 is 0. The van der Waals surface area contributed by atoms with E-state index >= 15 is 0 Å². The number of nitrogens with two attached hydrogens (primary N) is 1. The standard InChI is InChI=1S/C14H22N2/c1-2-12-3-5-13(6-4-12)11-16(10-9-15)14-7-8-14/h3-6,14H,2,7-11,15H2,1H3. The highest BCUT2D eigenvalue weighted by atomic mass is 15.2. The van der Waals surface area contributed by atoms with Crippen molar-refractivity contribution in [2.75, 3.05) is 13.1 Å². The van der Waals surface area contributed by atoms with Crippen LogP contribution >= 0.6 is 0 Å². The monoisotopic (exact) mass is 218 g/mol. The van der Waals surface area contributed by atoms with Crippen LogP contribution in [0.5, 0.6) is 0 Å². The van der Waals surface area contributed by atoms with Crippen molar-refractivity contribution in [3.05, 3.63) is 35.4 Å². The lowest BCUT2D eigenvalue weighted by Gasteiger charge is -2.21. The van der Waals surface area contributed by atoms with Crippen molar-refractivity contribution in [3.8, 4) is 0 Å². The van der Waals surface area contributed by atoms with Crippen LogP contribution in [0.25, 0.3) is 0 Å². The summed E-state index contributed by atoms with van der Waals surface area (Å²) in [6.07, 6.45) is 3.83. The predicted molar refractivity (Wildman–Crippen MR) is 68.3 cm³/mol. The number of aryl methyl sites for hydroxylation is 1. The minimum atomic E-state index is 0.767. The van der Waals surface area contributed by atoms with Crippen LogP contribution in [0.15, 0.2) is 24.3 Å². The van der Waals surface area contributed by atoms with E-state index in [1.807, 2.05) is 0 Å². The van der Waals surface area contributed by atoms with Gasteiger partial charge in [0.05, 0.1) is 0 Å². The minimum Gasteiger partial charge on any atom is -0.329 e. The van der Waals surface area contributed by atoms with Crippen LogP contribution in [-0.4, -0.2) is 24.0 Å². The van der Waals surface area contributed by atoms with Gasteiger partial charge in [-0.2, -0.15) is 0 Å². The lowest BCUT2D eigenvalue weighted by Crippen LogP contribution is -2.30. The van der Waals surface area contributed by atoms with Gasteiger partial charge in [-0.3, -0.25) is 4.90 Å². The fraction of sp³-hybridized carbons (Fsp3) is 0.571. The van der Waals surface area contributed by atoms with E-state index in [-0.39, 0.29) is 0 Å². The molecule has 1 aliphatic carbocycles. The quantitative estimate of drug-likeness (QED) is 0.793. The average Bonchev–Trinajstić information content (AvgIpc) is 3.13. The van der Waals surface area contributed by atoms with Crippen LogP contribution in [0.3, 0.4) is 0 Å². The largest absolute Gasteiger partial charge is 0.329 e. The molecule has 0 saturated heterocycles. The Morgan fingerprint density at radius 1 is 1.19 bits per heavy atom. The van der Waals surface area contributed by atoms with E-state index < -0.39 is 0 Å². The second-order valence-corrected chi connectivity index (χ2v) is 4.66. The number of rotatable bonds is 6. The van der Waals surface area contributed by atoms with Crippen molar-refractivity contribution in [1.82, 2.24) is 4.90 Å². The molecule has 0 spiro atoms. The van der Waals surface area contributed by atoms with E-state index in [0.717, 1.165) is 32.1 Å². The molecule has 0 aliphatic heterocycles. The van der Waals surface area contributed by atoms with E-state index in [1.165, 1.54) is 24.0 Å². The van der Waals surface area contributed by atoms with Crippen LogP contribution in [0.4, 0.5) is 0 Å². The molecule has 1 saturated carbocycles. The molecule has 0 radical (unpaired) electrons. The number of benzene rings is 1. The molecule has 2 heteroatoms. The lowest BCUT2D eigenvalue weighted by atomic mass is 10.1. The molecular formula is C14H22N2. The lowest BCUT2D eigenvalue weighted by molar-refractivity contribution is 0.262. The van der Waals surface area contributed by atoms with Crippen LogP contribution in [0, 0.1) is 0 Å². The van der Waals surface area contributed by atoms with Crippen molar-refractivity contribution in [3.63, 3.8) is 0 Å². The van der Waals surface area contributed by atoms with Gasteiger partial charge in [0.1, 0.15) is 0 Å². The fourth-order valence-corrected chi connectivity index (χ4v) is 2.11. The van der Waals surface area contributed by atoms with Gasteiger partial charge in [-0.25, -0.2) is 0 Å². The summed E-state index contributed by atoms with van der Waals surface area (Å²) in [5, 5.41) is 0. The maximum Gasteiger partial charge on any atom is 0.0237 e. The first kappa shape index (κ1) is 11.6. The second kappa shape index (κ2) is 5.46. The third-order valence-electron chi connectivity index (χ3n) is 3.30. The molecule has 0 bridgehead atoms. The summed E-state index contributed by atoms with van der Waals surface area (Å²) < 4.78 is 0. The molecule has 2 N–H and O–H groups in total. The van der Waals surface area contributed by atoms with Gasteiger partial charge in [0, 0.05) is 25.7 Å². The van der Waals surface area contributed by atoms with Crippen LogP contribution < -0.4 is 5.73 Å². The van der Waals surface area contributed by atoms with Gasteiger partial charge in [0.25, 0.3) is 0 Å². The van der Waals surface area contributed by atoms with Crippen molar-refractivity contribution < 1.29 is 0 Å². The molecule has 1 fully saturated rings. The Bertz CT molecular complexity index is 314. The van der Waals surface area contributed by atoms with E-state index in [9.17, 15) is 0 Å². The fourth-order valence-electron chi connectivity index (χ4n) is 2.11. The van der Waals surface area contributed by atoms with Crippen molar-refractivity contribution in [2.45, 2.75) is 38.8 Å². The predicted octanol–water partition coefficient (Wildman–Crippen LogP) is 2.17. The molecule has 0 amide bonds. The van der Waals surface area contributed by atoms with Gasteiger partial charge in [0.15, 0.2) is 0 Å². The topological polar surface area (TPSA) is 29.3 Å². The zero-order valence-electron chi connectivity index (χ0n) is 10.2. The van der Waals surface area contributed by atoms with Gasteiger partial charge in [-0.15, -0.1) is 0 Å². The SMILES string of the molecule is CCc1ccc(CN(CCN)C2CC2)cc1. The summed E-state index contributed by atoms with van der Waals surface area (Å²) in [6.45, 7) is 5.05.